The number of carbonyl (C=O) groups is 2. The molecule has 0 spiro atoms. The average Bonchev–Trinajstić information content (AvgIpc) is 2.20. The summed E-state index contributed by atoms with van der Waals surface area (Å²) in [6.45, 7) is 1.42. The Morgan fingerprint density at radius 3 is 2.41 bits per heavy atom. The van der Waals surface area contributed by atoms with Crippen LogP contribution in [-0.4, -0.2) is 16.9 Å². The molecule has 1 saturated carbocycles. The molecule has 17 heavy (non-hydrogen) atoms. The van der Waals surface area contributed by atoms with Gasteiger partial charge in [-0.2, -0.15) is 0 Å². The number of benzene rings is 1. The van der Waals surface area contributed by atoms with Crippen LogP contribution in [0.2, 0.25) is 0 Å². The summed E-state index contributed by atoms with van der Waals surface area (Å²) in [6.07, 6.45) is -0.695. The second kappa shape index (κ2) is 3.61. The van der Waals surface area contributed by atoms with Gasteiger partial charge in [-0.25, -0.2) is 8.78 Å². The predicted octanol–water partition coefficient (Wildman–Crippen LogP) is 1.96. The zero-order valence-corrected chi connectivity index (χ0v) is 9.09. The van der Waals surface area contributed by atoms with Crippen molar-refractivity contribution in [2.24, 2.45) is 0 Å². The third-order valence-electron chi connectivity index (χ3n) is 3.17. The van der Waals surface area contributed by atoms with Gasteiger partial charge in [-0.15, -0.1) is 0 Å². The highest BCUT2D eigenvalue weighted by atomic mass is 19.1. The molecule has 0 bridgehead atoms. The minimum Gasteiger partial charge on any atom is -0.481 e. The minimum atomic E-state index is -1.72. The first kappa shape index (κ1) is 11.7. The normalized spacial score (nSPS) is 17.7. The second-order valence-corrected chi connectivity index (χ2v) is 4.33. The van der Waals surface area contributed by atoms with Crippen LogP contribution < -0.4 is 0 Å². The van der Waals surface area contributed by atoms with Crippen LogP contribution in [0.5, 0.6) is 0 Å². The Morgan fingerprint density at radius 2 is 1.94 bits per heavy atom. The molecule has 1 fully saturated rings. The molecule has 0 aliphatic heterocycles. The van der Waals surface area contributed by atoms with Gasteiger partial charge >= 0.3 is 5.97 Å². The fraction of sp³-hybridized carbons (Fsp3) is 0.333. The molecule has 2 rings (SSSR count). The molecule has 0 aromatic heterocycles. The fourth-order valence-electron chi connectivity index (χ4n) is 2.15. The van der Waals surface area contributed by atoms with Gasteiger partial charge in [-0.1, -0.05) is 6.07 Å². The summed E-state index contributed by atoms with van der Waals surface area (Å²) >= 11 is 0. The molecule has 0 unspecified atom stereocenters. The average molecular weight is 240 g/mol. The lowest BCUT2D eigenvalue weighted by molar-refractivity contribution is -0.153. The van der Waals surface area contributed by atoms with Gasteiger partial charge in [0.15, 0.2) is 0 Å². The van der Waals surface area contributed by atoms with E-state index in [4.69, 9.17) is 5.11 Å². The number of aliphatic carboxylic acids is 1. The summed E-state index contributed by atoms with van der Waals surface area (Å²) in [5.41, 5.74) is -2.05. The molecule has 5 heteroatoms. The number of aryl methyl sites for hydroxylation is 1. The van der Waals surface area contributed by atoms with Crippen molar-refractivity contribution < 1.29 is 23.5 Å². The second-order valence-electron chi connectivity index (χ2n) is 4.33. The predicted molar refractivity (Wildman–Crippen MR) is 54.6 cm³/mol. The van der Waals surface area contributed by atoms with Crippen LogP contribution in [0.1, 0.15) is 24.0 Å². The van der Waals surface area contributed by atoms with E-state index in [2.05, 4.69) is 0 Å². The highest BCUT2D eigenvalue weighted by molar-refractivity contribution is 6.01. The summed E-state index contributed by atoms with van der Waals surface area (Å²) in [5.74, 6) is -3.45. The molecule has 1 aliphatic carbocycles. The lowest BCUT2D eigenvalue weighted by Gasteiger charge is -2.37. The summed E-state index contributed by atoms with van der Waals surface area (Å²) < 4.78 is 27.5. The van der Waals surface area contributed by atoms with Gasteiger partial charge in [0.05, 0.1) is 0 Å². The van der Waals surface area contributed by atoms with Gasteiger partial charge in [-0.3, -0.25) is 9.59 Å². The van der Waals surface area contributed by atoms with Gasteiger partial charge in [0.2, 0.25) is 0 Å². The van der Waals surface area contributed by atoms with E-state index >= 15 is 0 Å². The van der Waals surface area contributed by atoms with Crippen molar-refractivity contribution >= 4 is 11.8 Å². The van der Waals surface area contributed by atoms with Crippen molar-refractivity contribution in [1.29, 1.82) is 0 Å². The zero-order valence-electron chi connectivity index (χ0n) is 9.09. The topological polar surface area (TPSA) is 54.4 Å². The molecule has 90 valence electrons. The Bertz CT molecular complexity index is 515. The van der Waals surface area contributed by atoms with E-state index in [1.165, 1.54) is 13.0 Å². The number of ketones is 1. The molecule has 3 nitrogen and oxygen atoms in total. The van der Waals surface area contributed by atoms with Crippen LogP contribution in [0.3, 0.4) is 0 Å². The molecule has 1 aromatic carbocycles. The zero-order chi connectivity index (χ0) is 12.8. The van der Waals surface area contributed by atoms with Crippen molar-refractivity contribution in [3.63, 3.8) is 0 Å². The lowest BCUT2D eigenvalue weighted by atomic mass is 9.63. The third-order valence-corrected chi connectivity index (χ3v) is 3.17. The third kappa shape index (κ3) is 1.53. The van der Waals surface area contributed by atoms with Crippen LogP contribution in [-0.2, 0) is 15.0 Å². The Balaban J connectivity index is 2.63. The summed E-state index contributed by atoms with van der Waals surface area (Å²) in [7, 11) is 0. The van der Waals surface area contributed by atoms with Crippen molar-refractivity contribution in [1.82, 2.24) is 0 Å². The van der Waals surface area contributed by atoms with Gasteiger partial charge in [0.25, 0.3) is 0 Å². The van der Waals surface area contributed by atoms with Gasteiger partial charge in [0.1, 0.15) is 22.8 Å². The summed E-state index contributed by atoms with van der Waals surface area (Å²) in [4.78, 5) is 22.2. The first-order valence-corrected chi connectivity index (χ1v) is 5.08. The number of carbonyl (C=O) groups excluding carboxylic acids is 1. The number of hydrogen-bond acceptors (Lipinski definition) is 2. The maximum absolute atomic E-state index is 13.9. The molecule has 0 saturated heterocycles. The number of halogens is 2. The van der Waals surface area contributed by atoms with Crippen LogP contribution in [0, 0.1) is 18.6 Å². The molecule has 0 amide bonds. The van der Waals surface area contributed by atoms with Crippen molar-refractivity contribution in [3.05, 3.63) is 34.9 Å². The monoisotopic (exact) mass is 240 g/mol. The molecule has 0 radical (unpaired) electrons. The van der Waals surface area contributed by atoms with E-state index in [1.807, 2.05) is 0 Å². The molecular formula is C12H10F2O3. The smallest absolute Gasteiger partial charge is 0.315 e. The quantitative estimate of drug-likeness (QED) is 0.859. The van der Waals surface area contributed by atoms with E-state index in [0.29, 0.717) is 0 Å². The van der Waals surface area contributed by atoms with Crippen LogP contribution in [0.4, 0.5) is 8.78 Å². The van der Waals surface area contributed by atoms with Crippen molar-refractivity contribution in [2.75, 3.05) is 0 Å². The van der Waals surface area contributed by atoms with Crippen molar-refractivity contribution in [3.8, 4) is 0 Å². The maximum Gasteiger partial charge on any atom is 0.315 e. The van der Waals surface area contributed by atoms with Gasteiger partial charge < -0.3 is 5.11 Å². The van der Waals surface area contributed by atoms with E-state index in [0.717, 1.165) is 6.07 Å². The number of carboxylic acid groups (broad SMARTS) is 1. The molecular weight excluding hydrogens is 230 g/mol. The Labute approximate surface area is 96.1 Å². The highest BCUT2D eigenvalue weighted by Gasteiger charge is 2.54. The molecule has 0 atom stereocenters. The van der Waals surface area contributed by atoms with Crippen LogP contribution in [0.25, 0.3) is 0 Å². The molecule has 1 aliphatic rings. The van der Waals surface area contributed by atoms with Crippen molar-refractivity contribution in [2.45, 2.75) is 25.2 Å². The number of Topliss-reactive ketones (excluding diaryl/α,β-unsaturated/α-hetero) is 1. The van der Waals surface area contributed by atoms with Crippen LogP contribution in [0.15, 0.2) is 12.1 Å². The lowest BCUT2D eigenvalue weighted by Crippen LogP contribution is -2.49. The molecule has 1 aromatic rings. The SMILES string of the molecule is Cc1ccc(F)c(C2(C(=O)O)CC(=O)C2)c1F. The maximum atomic E-state index is 13.9. The van der Waals surface area contributed by atoms with Gasteiger partial charge in [0, 0.05) is 18.4 Å². The molecule has 0 heterocycles. The highest BCUT2D eigenvalue weighted by Crippen LogP contribution is 2.44. The largest absolute Gasteiger partial charge is 0.481 e. The number of carboxylic acids is 1. The summed E-state index contributed by atoms with van der Waals surface area (Å²) in [6, 6.07) is 2.27. The Kier molecular flexibility index (Phi) is 2.49. The fourth-order valence-corrected chi connectivity index (χ4v) is 2.15. The van der Waals surface area contributed by atoms with Crippen LogP contribution >= 0.6 is 0 Å². The standard InChI is InChI=1S/C12H10F2O3/c1-6-2-3-8(13)9(10(6)14)12(11(16)17)4-7(15)5-12/h2-3H,4-5H2,1H3,(H,16,17). The molecule has 1 N–H and O–H groups in total. The summed E-state index contributed by atoms with van der Waals surface area (Å²) in [5, 5.41) is 9.11. The van der Waals surface area contributed by atoms with Gasteiger partial charge in [-0.05, 0) is 18.6 Å². The number of hydrogen-bond donors (Lipinski definition) is 1. The van der Waals surface area contributed by atoms with E-state index in [-0.39, 0.29) is 24.2 Å². The van der Waals surface area contributed by atoms with E-state index < -0.39 is 28.6 Å². The Hall–Kier alpha value is -1.78. The van der Waals surface area contributed by atoms with E-state index in [9.17, 15) is 18.4 Å². The Morgan fingerprint density at radius 1 is 1.35 bits per heavy atom. The van der Waals surface area contributed by atoms with E-state index in [1.54, 1.807) is 0 Å². The number of rotatable bonds is 2. The minimum absolute atomic E-state index is 0.168. The first-order valence-electron chi connectivity index (χ1n) is 5.08. The first-order chi connectivity index (χ1) is 7.88.